The van der Waals surface area contributed by atoms with Gasteiger partial charge in [-0.3, -0.25) is 9.80 Å². The summed E-state index contributed by atoms with van der Waals surface area (Å²) in [5, 5.41) is 4.95. The van der Waals surface area contributed by atoms with E-state index in [0.29, 0.717) is 24.9 Å². The Kier molecular flexibility index (Phi) is 8.54. The minimum absolute atomic E-state index is 0.0953. The molecule has 0 aromatic rings. The second-order valence-electron chi connectivity index (χ2n) is 9.39. The molecule has 2 fully saturated rings. The summed E-state index contributed by atoms with van der Waals surface area (Å²) >= 11 is 0. The maximum absolute atomic E-state index is 11.9. The average Bonchev–Trinajstić information content (AvgIpc) is 3.15. The summed E-state index contributed by atoms with van der Waals surface area (Å²) in [6, 6.07) is 0. The van der Waals surface area contributed by atoms with E-state index in [1.807, 2.05) is 27.9 Å². The van der Waals surface area contributed by atoms with E-state index in [1.54, 1.807) is 0 Å². The maximum Gasteiger partial charge on any atom is 0.408 e. The molecule has 10 nitrogen and oxygen atoms in total. The van der Waals surface area contributed by atoms with Gasteiger partial charge in [0.2, 0.25) is 0 Å². The van der Waals surface area contributed by atoms with Gasteiger partial charge in [0, 0.05) is 13.1 Å². The molecule has 0 aliphatic carbocycles. The molecule has 0 radical (unpaired) electrons. The van der Waals surface area contributed by atoms with Gasteiger partial charge in [0.15, 0.2) is 0 Å². The van der Waals surface area contributed by atoms with Crippen molar-refractivity contribution in [1.82, 2.24) is 20.4 Å². The first kappa shape index (κ1) is 25.6. The van der Waals surface area contributed by atoms with E-state index in [1.165, 1.54) is 0 Å². The summed E-state index contributed by atoms with van der Waals surface area (Å²) in [6.45, 7) is 14.0. The zero-order chi connectivity index (χ0) is 23.4. The summed E-state index contributed by atoms with van der Waals surface area (Å²) in [7, 11) is 3.99. The largest absolute Gasteiger partial charge is 0.447 e. The van der Waals surface area contributed by atoms with Gasteiger partial charge in [-0.2, -0.15) is 0 Å². The van der Waals surface area contributed by atoms with Crippen LogP contribution in [0.4, 0.5) is 9.59 Å². The molecule has 2 rings (SSSR count). The number of alkyl carbamates (subject to hydrolysis) is 2. The molecule has 4 unspecified atom stereocenters. The standard InChI is InChI=1S/C21H40N4O6/c1-14(2)20(5)24(7)9-16(30-20)11-28-18(26)22-13-23-19(27)29-12-17-10-25(8)21(6,31-17)15(3)4/h14-17H,9-13H2,1-8H3,(H,22,26)(H,23,27). The summed E-state index contributed by atoms with van der Waals surface area (Å²) < 4.78 is 22.5. The van der Waals surface area contributed by atoms with Gasteiger partial charge in [-0.15, -0.1) is 0 Å². The van der Waals surface area contributed by atoms with Crippen molar-refractivity contribution in [2.24, 2.45) is 11.8 Å². The first-order chi connectivity index (χ1) is 14.4. The Balaban J connectivity index is 1.60. The second-order valence-corrected chi connectivity index (χ2v) is 9.39. The molecule has 10 heteroatoms. The highest BCUT2D eigenvalue weighted by Crippen LogP contribution is 2.33. The lowest BCUT2D eigenvalue weighted by atomic mass is 10.0. The summed E-state index contributed by atoms with van der Waals surface area (Å²) in [5.74, 6) is 0.612. The molecule has 31 heavy (non-hydrogen) atoms. The van der Waals surface area contributed by atoms with Crippen LogP contribution in [0, 0.1) is 11.8 Å². The van der Waals surface area contributed by atoms with E-state index >= 15 is 0 Å². The minimum Gasteiger partial charge on any atom is -0.447 e. The van der Waals surface area contributed by atoms with Gasteiger partial charge in [-0.25, -0.2) is 9.59 Å². The van der Waals surface area contributed by atoms with Crippen molar-refractivity contribution in [3.63, 3.8) is 0 Å². The van der Waals surface area contributed by atoms with Crippen LogP contribution < -0.4 is 10.6 Å². The number of nitrogens with zero attached hydrogens (tertiary/aromatic N) is 2. The number of amides is 2. The molecule has 2 saturated heterocycles. The number of likely N-dealkylation sites (N-methyl/N-ethyl adjacent to an activating group) is 2. The first-order valence-corrected chi connectivity index (χ1v) is 11.0. The van der Waals surface area contributed by atoms with Crippen LogP contribution in [0.5, 0.6) is 0 Å². The van der Waals surface area contributed by atoms with Crippen LogP contribution in [-0.2, 0) is 18.9 Å². The summed E-state index contributed by atoms with van der Waals surface area (Å²) in [6.07, 6.45) is -1.64. The Morgan fingerprint density at radius 3 is 1.52 bits per heavy atom. The molecule has 0 spiro atoms. The molecule has 0 aromatic carbocycles. The lowest BCUT2D eigenvalue weighted by molar-refractivity contribution is -0.122. The van der Waals surface area contributed by atoms with Crippen LogP contribution in [0.1, 0.15) is 41.5 Å². The Morgan fingerprint density at radius 1 is 0.871 bits per heavy atom. The normalized spacial score (nSPS) is 31.9. The minimum atomic E-state index is -0.627. The van der Waals surface area contributed by atoms with E-state index in [2.05, 4.69) is 48.1 Å². The fourth-order valence-corrected chi connectivity index (χ4v) is 3.86. The molecule has 0 saturated carbocycles. The highest BCUT2D eigenvalue weighted by atomic mass is 16.6. The van der Waals surface area contributed by atoms with Crippen LogP contribution in [0.3, 0.4) is 0 Å². The van der Waals surface area contributed by atoms with Crippen molar-refractivity contribution in [3.8, 4) is 0 Å². The van der Waals surface area contributed by atoms with Crippen LogP contribution >= 0.6 is 0 Å². The highest BCUT2D eigenvalue weighted by Gasteiger charge is 2.44. The van der Waals surface area contributed by atoms with E-state index in [9.17, 15) is 9.59 Å². The predicted molar refractivity (Wildman–Crippen MR) is 115 cm³/mol. The van der Waals surface area contributed by atoms with Crippen molar-refractivity contribution in [2.75, 3.05) is 47.1 Å². The van der Waals surface area contributed by atoms with Gasteiger partial charge >= 0.3 is 12.2 Å². The van der Waals surface area contributed by atoms with Crippen molar-refractivity contribution in [2.45, 2.75) is 65.2 Å². The molecule has 2 aliphatic rings. The Morgan fingerprint density at radius 2 is 1.23 bits per heavy atom. The number of nitrogens with one attached hydrogen (secondary N) is 2. The zero-order valence-electron chi connectivity index (χ0n) is 20.2. The maximum atomic E-state index is 11.9. The third-order valence-corrected chi connectivity index (χ3v) is 6.69. The number of ether oxygens (including phenoxy) is 4. The SMILES string of the molecule is CC(C)C1(C)OC(COC(=O)NCNC(=O)OCC2CN(C)C(C)(C(C)C)O2)CN1C. The topological polar surface area (TPSA) is 102 Å². The van der Waals surface area contributed by atoms with Crippen molar-refractivity contribution in [1.29, 1.82) is 0 Å². The predicted octanol–water partition coefficient (Wildman–Crippen LogP) is 1.80. The molecule has 2 N–H and O–H groups in total. The molecule has 180 valence electrons. The van der Waals surface area contributed by atoms with E-state index in [4.69, 9.17) is 18.9 Å². The lowest BCUT2D eigenvalue weighted by Crippen LogP contribution is -2.44. The van der Waals surface area contributed by atoms with Crippen LogP contribution in [0.15, 0.2) is 0 Å². The van der Waals surface area contributed by atoms with E-state index in [-0.39, 0.29) is 43.5 Å². The monoisotopic (exact) mass is 444 g/mol. The number of rotatable bonds is 8. The lowest BCUT2D eigenvalue weighted by Gasteiger charge is -2.34. The third kappa shape index (κ3) is 6.21. The highest BCUT2D eigenvalue weighted by molar-refractivity contribution is 5.70. The Hall–Kier alpha value is -1.62. The molecule has 0 bridgehead atoms. The molecular formula is C21H40N4O6. The van der Waals surface area contributed by atoms with Crippen LogP contribution in [0.2, 0.25) is 0 Å². The molecule has 4 atom stereocenters. The molecule has 2 amide bonds. The third-order valence-electron chi connectivity index (χ3n) is 6.69. The van der Waals surface area contributed by atoms with Crippen LogP contribution in [0.25, 0.3) is 0 Å². The smallest absolute Gasteiger partial charge is 0.408 e. The number of carbonyl (C=O) groups is 2. The number of hydrogen-bond acceptors (Lipinski definition) is 8. The number of carbonyl (C=O) groups excluding carboxylic acids is 2. The number of hydrogen-bond donors (Lipinski definition) is 2. The van der Waals surface area contributed by atoms with Gasteiger partial charge in [0.25, 0.3) is 0 Å². The quantitative estimate of drug-likeness (QED) is 0.547. The van der Waals surface area contributed by atoms with E-state index < -0.39 is 12.2 Å². The zero-order valence-corrected chi connectivity index (χ0v) is 20.2. The molecule has 2 aliphatic heterocycles. The Labute approximate surface area is 185 Å². The van der Waals surface area contributed by atoms with Gasteiger partial charge in [0.1, 0.15) is 36.9 Å². The van der Waals surface area contributed by atoms with Crippen molar-refractivity contribution >= 4 is 12.2 Å². The van der Waals surface area contributed by atoms with Crippen molar-refractivity contribution in [3.05, 3.63) is 0 Å². The van der Waals surface area contributed by atoms with Gasteiger partial charge in [0.05, 0.1) is 6.67 Å². The van der Waals surface area contributed by atoms with Crippen molar-refractivity contribution < 1.29 is 28.5 Å². The first-order valence-electron chi connectivity index (χ1n) is 11.0. The fourth-order valence-electron chi connectivity index (χ4n) is 3.86. The fraction of sp³-hybridized carbons (Fsp3) is 0.905. The second kappa shape index (κ2) is 10.3. The summed E-state index contributed by atoms with van der Waals surface area (Å²) in [5.41, 5.74) is -0.749. The average molecular weight is 445 g/mol. The van der Waals surface area contributed by atoms with Crippen LogP contribution in [-0.4, -0.2) is 92.7 Å². The van der Waals surface area contributed by atoms with Gasteiger partial charge < -0.3 is 29.6 Å². The molecule has 2 heterocycles. The van der Waals surface area contributed by atoms with E-state index in [0.717, 1.165) is 0 Å². The summed E-state index contributed by atoms with van der Waals surface area (Å²) in [4.78, 5) is 28.0. The Bertz CT molecular complexity index is 581. The van der Waals surface area contributed by atoms with Gasteiger partial charge in [-0.05, 0) is 39.8 Å². The van der Waals surface area contributed by atoms with Gasteiger partial charge in [-0.1, -0.05) is 27.7 Å². The molecule has 0 aromatic heterocycles. The molecular weight excluding hydrogens is 404 g/mol.